The molecule has 0 unspecified atom stereocenters. The highest BCUT2D eigenvalue weighted by molar-refractivity contribution is 7.76. The number of benzene rings is 2. The van der Waals surface area contributed by atoms with E-state index in [4.69, 9.17) is 0 Å². The Morgan fingerprint density at radius 1 is 0.727 bits per heavy atom. The molecule has 1 heteroatoms. The molecule has 4 rings (SSSR count). The average Bonchev–Trinajstić information content (AvgIpc) is 3.01. The predicted octanol–water partition coefficient (Wildman–Crippen LogP) is 4.57. The minimum absolute atomic E-state index is 0.475. The van der Waals surface area contributed by atoms with Gasteiger partial charge in [-0.3, -0.25) is 0 Å². The van der Waals surface area contributed by atoms with Gasteiger partial charge in [0.05, 0.1) is 0 Å². The van der Waals surface area contributed by atoms with Crippen LogP contribution in [0, 0.1) is 30.3 Å². The maximum absolute atomic E-state index is 2.35. The number of fused-ring (bicyclic) bond motifs is 1. The van der Waals surface area contributed by atoms with Crippen molar-refractivity contribution in [2.75, 3.05) is 0 Å². The van der Waals surface area contributed by atoms with Crippen molar-refractivity contribution >= 4 is 18.5 Å². The van der Waals surface area contributed by atoms with Gasteiger partial charge in [0.15, 0.2) is 0 Å². The summed E-state index contributed by atoms with van der Waals surface area (Å²) in [5.41, 5.74) is 1.50. The average molecular weight is 301 g/mol. The van der Waals surface area contributed by atoms with Gasteiger partial charge in [-0.25, -0.2) is 0 Å². The highest BCUT2D eigenvalue weighted by Crippen LogP contribution is 2.60. The molecule has 2 aromatic carbocycles. The van der Waals surface area contributed by atoms with Gasteiger partial charge in [-0.2, -0.15) is 0 Å². The summed E-state index contributed by atoms with van der Waals surface area (Å²) in [5.74, 6) is 2.97. The van der Waals surface area contributed by atoms with E-state index >= 15 is 0 Å². The second kappa shape index (κ2) is 6.39. The van der Waals surface area contributed by atoms with Crippen LogP contribution in [0.2, 0.25) is 0 Å². The molecule has 0 amide bonds. The lowest BCUT2D eigenvalue weighted by atomic mass is 9.87. The maximum atomic E-state index is 2.35. The molecule has 0 atom stereocenters. The Morgan fingerprint density at radius 2 is 1.36 bits per heavy atom. The van der Waals surface area contributed by atoms with Crippen LogP contribution in [0.25, 0.3) is 0 Å². The normalized spacial score (nSPS) is 19.7. The third kappa shape index (κ3) is 2.66. The standard InChI is InChI=1S/C21H18P/c1-3-10-18(11-4-1)22(19-12-5-2-6-13-19)21-16-15-17-9-7-8-14-20(17)21/h1-6,8,10-16H,7,9H2. The molecule has 0 saturated heterocycles. The fraction of sp³-hybridized carbons (Fsp3) is 0.0952. The van der Waals surface area contributed by atoms with Crippen molar-refractivity contribution in [3.05, 3.63) is 103 Å². The molecule has 1 fully saturated rings. The number of rotatable bonds is 3. The summed E-state index contributed by atoms with van der Waals surface area (Å²) in [4.78, 5) is 0. The highest BCUT2D eigenvalue weighted by Gasteiger charge is 2.42. The third-order valence-electron chi connectivity index (χ3n) is 4.20. The smallest absolute Gasteiger partial charge is 0.0238 e. The topological polar surface area (TPSA) is 0 Å². The Bertz CT molecular complexity index is 592. The monoisotopic (exact) mass is 301 g/mol. The fourth-order valence-electron chi connectivity index (χ4n) is 3.15. The summed E-state index contributed by atoms with van der Waals surface area (Å²) < 4.78 is 0. The first-order valence-corrected chi connectivity index (χ1v) is 9.13. The van der Waals surface area contributed by atoms with Crippen molar-refractivity contribution in [2.45, 2.75) is 12.8 Å². The molecular formula is C21H18P. The van der Waals surface area contributed by atoms with E-state index in [1.54, 1.807) is 0 Å². The van der Waals surface area contributed by atoms with Gasteiger partial charge in [0.25, 0.3) is 0 Å². The van der Waals surface area contributed by atoms with Crippen LogP contribution < -0.4 is 10.6 Å². The summed E-state index contributed by atoms with van der Waals surface area (Å²) in [7, 11) is -0.475. The molecule has 5 radical (unpaired) electrons. The van der Waals surface area contributed by atoms with E-state index in [2.05, 4.69) is 85.7 Å². The van der Waals surface area contributed by atoms with Gasteiger partial charge in [-0.1, -0.05) is 72.8 Å². The van der Waals surface area contributed by atoms with Crippen LogP contribution in [-0.2, 0) is 0 Å². The molecule has 107 valence electrons. The lowest BCUT2D eigenvalue weighted by Gasteiger charge is -2.30. The summed E-state index contributed by atoms with van der Waals surface area (Å²) in [5, 5.41) is 2.85. The summed E-state index contributed by atoms with van der Waals surface area (Å²) in [6.45, 7) is 0. The molecule has 0 N–H and O–H groups in total. The van der Waals surface area contributed by atoms with Crippen LogP contribution >= 0.6 is 7.92 Å². The van der Waals surface area contributed by atoms with E-state index in [1.807, 2.05) is 0 Å². The zero-order valence-corrected chi connectivity index (χ0v) is 13.3. The second-order valence-electron chi connectivity index (χ2n) is 5.61. The number of allylic oxidation sites excluding steroid dienone is 2. The third-order valence-corrected chi connectivity index (χ3v) is 6.70. The van der Waals surface area contributed by atoms with Gasteiger partial charge in [0, 0.05) is 11.6 Å². The second-order valence-corrected chi connectivity index (χ2v) is 7.79. The fourth-order valence-corrected chi connectivity index (χ4v) is 5.63. The Morgan fingerprint density at radius 3 is 2.00 bits per heavy atom. The van der Waals surface area contributed by atoms with E-state index < -0.39 is 7.92 Å². The van der Waals surface area contributed by atoms with Gasteiger partial charge in [-0.05, 0) is 50.1 Å². The zero-order valence-electron chi connectivity index (χ0n) is 12.4. The van der Waals surface area contributed by atoms with Gasteiger partial charge in [-0.15, -0.1) is 0 Å². The first-order chi connectivity index (χ1) is 10.9. The van der Waals surface area contributed by atoms with Gasteiger partial charge in [0.1, 0.15) is 0 Å². The van der Waals surface area contributed by atoms with E-state index in [0.717, 1.165) is 0 Å². The Kier molecular flexibility index (Phi) is 4.13. The van der Waals surface area contributed by atoms with Crippen molar-refractivity contribution < 1.29 is 0 Å². The Balaban J connectivity index is 1.75. The molecule has 2 aliphatic rings. The summed E-state index contributed by atoms with van der Waals surface area (Å²) >= 11 is 0. The molecule has 2 aliphatic carbocycles. The molecule has 0 nitrogen and oxygen atoms in total. The van der Waals surface area contributed by atoms with E-state index in [-0.39, 0.29) is 0 Å². The molecule has 0 aromatic heterocycles. The molecule has 0 spiro atoms. The number of hydrogen-bond acceptors (Lipinski definition) is 0. The van der Waals surface area contributed by atoms with E-state index in [0.29, 0.717) is 0 Å². The van der Waals surface area contributed by atoms with Gasteiger partial charge in [0.2, 0.25) is 0 Å². The Hall–Kier alpha value is -1.39. The van der Waals surface area contributed by atoms with Gasteiger partial charge < -0.3 is 0 Å². The largest absolute Gasteiger partial charge is 0.0879 e. The molecule has 2 aromatic rings. The zero-order chi connectivity index (χ0) is 14.8. The highest BCUT2D eigenvalue weighted by atomic mass is 31.1. The summed E-state index contributed by atoms with van der Waals surface area (Å²) in [6, 6.07) is 21.9. The van der Waals surface area contributed by atoms with Crippen LogP contribution in [0.5, 0.6) is 0 Å². The predicted molar refractivity (Wildman–Crippen MR) is 95.8 cm³/mol. The van der Waals surface area contributed by atoms with E-state index in [1.165, 1.54) is 40.9 Å². The molecule has 22 heavy (non-hydrogen) atoms. The lowest BCUT2D eigenvalue weighted by Crippen LogP contribution is -2.20. The van der Waals surface area contributed by atoms with Crippen LogP contribution in [0.3, 0.4) is 0 Å². The first kappa shape index (κ1) is 14.2. The van der Waals surface area contributed by atoms with Crippen LogP contribution in [0.15, 0.2) is 72.8 Å². The van der Waals surface area contributed by atoms with Crippen molar-refractivity contribution in [1.82, 2.24) is 0 Å². The van der Waals surface area contributed by atoms with Crippen molar-refractivity contribution in [3.63, 3.8) is 0 Å². The van der Waals surface area contributed by atoms with Crippen molar-refractivity contribution in [2.24, 2.45) is 0 Å². The van der Waals surface area contributed by atoms with Gasteiger partial charge >= 0.3 is 0 Å². The van der Waals surface area contributed by atoms with Crippen LogP contribution in [0.1, 0.15) is 12.8 Å². The minimum atomic E-state index is -0.475. The Labute approximate surface area is 135 Å². The van der Waals surface area contributed by atoms with Crippen LogP contribution in [0.4, 0.5) is 0 Å². The quantitative estimate of drug-likeness (QED) is 0.728. The van der Waals surface area contributed by atoms with Crippen molar-refractivity contribution in [3.8, 4) is 0 Å². The SMILES string of the molecule is [CH]1[CH][C](P(c2ccccc2)c2ccccc2)[C]2C=CCC[C]12. The first-order valence-electron chi connectivity index (χ1n) is 7.79. The minimum Gasteiger partial charge on any atom is -0.0879 e. The van der Waals surface area contributed by atoms with Crippen LogP contribution in [-0.4, -0.2) is 0 Å². The lowest BCUT2D eigenvalue weighted by molar-refractivity contribution is 0.851. The molecule has 0 aliphatic heterocycles. The molecule has 0 heterocycles. The number of hydrogen-bond donors (Lipinski definition) is 0. The van der Waals surface area contributed by atoms with Crippen molar-refractivity contribution in [1.29, 1.82) is 0 Å². The molecular weight excluding hydrogens is 283 g/mol. The van der Waals surface area contributed by atoms with E-state index in [9.17, 15) is 0 Å². The maximum Gasteiger partial charge on any atom is 0.0238 e. The molecule has 0 bridgehead atoms. The summed E-state index contributed by atoms with van der Waals surface area (Å²) in [6.07, 6.45) is 11.7. The molecule has 1 saturated carbocycles.